The summed E-state index contributed by atoms with van der Waals surface area (Å²) in [6, 6.07) is 13.1. The summed E-state index contributed by atoms with van der Waals surface area (Å²) in [7, 11) is 0. The van der Waals surface area contributed by atoms with Gasteiger partial charge in [-0.1, -0.05) is 30.3 Å². The van der Waals surface area contributed by atoms with Crippen molar-refractivity contribution in [2.75, 3.05) is 0 Å². The van der Waals surface area contributed by atoms with E-state index in [0.717, 1.165) is 15.6 Å². The Kier molecular flexibility index (Phi) is 2.48. The van der Waals surface area contributed by atoms with Crippen molar-refractivity contribution in [2.45, 2.75) is 6.61 Å². The van der Waals surface area contributed by atoms with Gasteiger partial charge in [-0.05, 0) is 28.1 Å². The lowest BCUT2D eigenvalue weighted by Crippen LogP contribution is -2.03. The summed E-state index contributed by atoms with van der Waals surface area (Å²) in [5.41, 5.74) is 2.26. The van der Waals surface area contributed by atoms with Gasteiger partial charge in [-0.15, -0.1) is 0 Å². The van der Waals surface area contributed by atoms with Gasteiger partial charge in [0, 0.05) is 15.6 Å². The first kappa shape index (κ1) is 10.5. The third-order valence-corrected chi connectivity index (χ3v) is 3.51. The molecule has 0 amide bonds. The Hall–Kier alpha value is -1.61. The Morgan fingerprint density at radius 3 is 2.76 bits per heavy atom. The second-order valence-electron chi connectivity index (χ2n) is 3.89. The second kappa shape index (κ2) is 4.00. The third kappa shape index (κ3) is 1.67. The standard InChI is InChI=1S/C14H9BrO2/c15-11-6-3-7-12-13(11)14(16)10-5-2-1-4-9(10)8-17-12/h1-7H,8H2. The molecule has 0 atom stereocenters. The maximum atomic E-state index is 12.4. The topological polar surface area (TPSA) is 26.3 Å². The Bertz CT molecular complexity index is 605. The maximum Gasteiger partial charge on any atom is 0.198 e. The molecule has 3 rings (SSSR count). The number of carbonyl (C=O) groups excluding carboxylic acids is 1. The third-order valence-electron chi connectivity index (χ3n) is 2.85. The van der Waals surface area contributed by atoms with Crippen LogP contribution in [0.4, 0.5) is 0 Å². The number of halogens is 1. The molecule has 0 aliphatic carbocycles. The molecule has 0 N–H and O–H groups in total. The summed E-state index contributed by atoms with van der Waals surface area (Å²) in [4.78, 5) is 12.4. The quantitative estimate of drug-likeness (QED) is 0.741. The van der Waals surface area contributed by atoms with Gasteiger partial charge < -0.3 is 4.74 Å². The monoisotopic (exact) mass is 288 g/mol. The molecule has 3 heteroatoms. The van der Waals surface area contributed by atoms with Gasteiger partial charge in [0.25, 0.3) is 0 Å². The smallest absolute Gasteiger partial charge is 0.198 e. The molecule has 0 bridgehead atoms. The fourth-order valence-corrected chi connectivity index (χ4v) is 2.53. The molecule has 2 aromatic rings. The minimum Gasteiger partial charge on any atom is -0.488 e. The van der Waals surface area contributed by atoms with Crippen LogP contribution in [0, 0.1) is 0 Å². The largest absolute Gasteiger partial charge is 0.488 e. The average Bonchev–Trinajstić information content (AvgIpc) is 2.49. The highest BCUT2D eigenvalue weighted by Gasteiger charge is 2.23. The number of hydrogen-bond acceptors (Lipinski definition) is 2. The van der Waals surface area contributed by atoms with Crippen LogP contribution in [0.1, 0.15) is 21.5 Å². The molecule has 0 unspecified atom stereocenters. The first-order valence-corrected chi connectivity index (χ1v) is 6.10. The van der Waals surface area contributed by atoms with Gasteiger partial charge in [0.2, 0.25) is 0 Å². The minimum absolute atomic E-state index is 0.0144. The van der Waals surface area contributed by atoms with Crippen LogP contribution >= 0.6 is 15.9 Å². The highest BCUT2D eigenvalue weighted by atomic mass is 79.9. The van der Waals surface area contributed by atoms with Crippen LogP contribution in [0.3, 0.4) is 0 Å². The van der Waals surface area contributed by atoms with Crippen LogP contribution in [0.15, 0.2) is 46.9 Å². The van der Waals surface area contributed by atoms with Gasteiger partial charge >= 0.3 is 0 Å². The number of benzene rings is 2. The summed E-state index contributed by atoms with van der Waals surface area (Å²) >= 11 is 3.41. The maximum absolute atomic E-state index is 12.4. The first-order chi connectivity index (χ1) is 8.27. The summed E-state index contributed by atoms with van der Waals surface area (Å²) in [6.07, 6.45) is 0. The van der Waals surface area contributed by atoms with Crippen molar-refractivity contribution in [2.24, 2.45) is 0 Å². The zero-order valence-electron chi connectivity index (χ0n) is 8.94. The molecule has 1 aliphatic heterocycles. The first-order valence-electron chi connectivity index (χ1n) is 5.31. The zero-order chi connectivity index (χ0) is 11.8. The van der Waals surface area contributed by atoms with Crippen molar-refractivity contribution in [3.8, 4) is 5.75 Å². The van der Waals surface area contributed by atoms with Crippen molar-refractivity contribution >= 4 is 21.7 Å². The van der Waals surface area contributed by atoms with Crippen LogP contribution in [-0.4, -0.2) is 5.78 Å². The summed E-state index contributed by atoms with van der Waals surface area (Å²) in [6.45, 7) is 0.436. The van der Waals surface area contributed by atoms with E-state index in [1.165, 1.54) is 0 Å². The van der Waals surface area contributed by atoms with Gasteiger partial charge in [-0.25, -0.2) is 0 Å². The molecule has 0 aromatic heterocycles. The number of carbonyl (C=O) groups is 1. The predicted molar refractivity (Wildman–Crippen MR) is 68.3 cm³/mol. The lowest BCUT2D eigenvalue weighted by Gasteiger charge is -2.06. The molecule has 2 aromatic carbocycles. The second-order valence-corrected chi connectivity index (χ2v) is 4.74. The minimum atomic E-state index is 0.0144. The molecule has 1 heterocycles. The average molecular weight is 289 g/mol. The highest BCUT2D eigenvalue weighted by Crippen LogP contribution is 2.33. The van der Waals surface area contributed by atoms with Gasteiger partial charge in [0.1, 0.15) is 12.4 Å². The number of ether oxygens (including phenoxy) is 1. The molecule has 84 valence electrons. The number of hydrogen-bond donors (Lipinski definition) is 0. The molecule has 2 nitrogen and oxygen atoms in total. The Labute approximate surface area is 107 Å². The predicted octanol–water partition coefficient (Wildman–Crippen LogP) is 3.57. The van der Waals surface area contributed by atoms with Gasteiger partial charge in [0.15, 0.2) is 5.78 Å². The molecule has 1 aliphatic rings. The van der Waals surface area contributed by atoms with Gasteiger partial charge in [-0.2, -0.15) is 0 Å². The zero-order valence-corrected chi connectivity index (χ0v) is 10.5. The van der Waals surface area contributed by atoms with Crippen LogP contribution in [0.25, 0.3) is 0 Å². The normalized spacial score (nSPS) is 13.4. The number of fused-ring (bicyclic) bond motifs is 2. The molecule has 0 saturated heterocycles. The van der Waals surface area contributed by atoms with Crippen molar-refractivity contribution in [3.05, 3.63) is 63.6 Å². The Morgan fingerprint density at radius 1 is 1.06 bits per heavy atom. The van der Waals surface area contributed by atoms with Crippen LogP contribution in [-0.2, 0) is 6.61 Å². The summed E-state index contributed by atoms with van der Waals surface area (Å²) in [5, 5.41) is 0. The van der Waals surface area contributed by atoms with E-state index < -0.39 is 0 Å². The van der Waals surface area contributed by atoms with E-state index in [4.69, 9.17) is 4.74 Å². The van der Waals surface area contributed by atoms with Crippen LogP contribution in [0.5, 0.6) is 5.75 Å². The van der Waals surface area contributed by atoms with Gasteiger partial charge in [-0.3, -0.25) is 4.79 Å². The van der Waals surface area contributed by atoms with Crippen molar-refractivity contribution < 1.29 is 9.53 Å². The Balaban J connectivity index is 2.26. The van der Waals surface area contributed by atoms with Crippen LogP contribution in [0.2, 0.25) is 0 Å². The van der Waals surface area contributed by atoms with Crippen LogP contribution < -0.4 is 4.74 Å². The molecule has 0 radical (unpaired) electrons. The van der Waals surface area contributed by atoms with E-state index in [-0.39, 0.29) is 5.78 Å². The van der Waals surface area contributed by atoms with E-state index in [2.05, 4.69) is 15.9 Å². The molecular formula is C14H9BrO2. The van der Waals surface area contributed by atoms with E-state index in [1.807, 2.05) is 42.5 Å². The van der Waals surface area contributed by atoms with E-state index in [9.17, 15) is 4.79 Å². The van der Waals surface area contributed by atoms with Crippen molar-refractivity contribution in [1.29, 1.82) is 0 Å². The molecule has 0 spiro atoms. The van der Waals surface area contributed by atoms with Crippen molar-refractivity contribution in [1.82, 2.24) is 0 Å². The van der Waals surface area contributed by atoms with Crippen molar-refractivity contribution in [3.63, 3.8) is 0 Å². The molecular weight excluding hydrogens is 280 g/mol. The number of ketones is 1. The van der Waals surface area contributed by atoms with E-state index in [0.29, 0.717) is 17.9 Å². The lowest BCUT2D eigenvalue weighted by atomic mass is 9.99. The highest BCUT2D eigenvalue weighted by molar-refractivity contribution is 9.10. The lowest BCUT2D eigenvalue weighted by molar-refractivity contribution is 0.103. The van der Waals surface area contributed by atoms with Gasteiger partial charge in [0.05, 0.1) is 5.56 Å². The Morgan fingerprint density at radius 2 is 1.88 bits per heavy atom. The summed E-state index contributed by atoms with van der Waals surface area (Å²) < 4.78 is 6.45. The van der Waals surface area contributed by atoms with E-state index in [1.54, 1.807) is 0 Å². The molecule has 17 heavy (non-hydrogen) atoms. The van der Waals surface area contributed by atoms with E-state index >= 15 is 0 Å². The molecule has 0 saturated carbocycles. The molecule has 0 fully saturated rings. The fraction of sp³-hybridized carbons (Fsp3) is 0.0714. The number of rotatable bonds is 0. The SMILES string of the molecule is O=C1c2ccccc2COc2cccc(Br)c21. The fourth-order valence-electron chi connectivity index (χ4n) is 2.00. The summed E-state index contributed by atoms with van der Waals surface area (Å²) in [5.74, 6) is 0.654.